The molecule has 0 heterocycles. The maximum atomic E-state index is 12.1. The van der Waals surface area contributed by atoms with Gasteiger partial charge in [-0.25, -0.2) is 0 Å². The van der Waals surface area contributed by atoms with Crippen molar-refractivity contribution in [2.75, 3.05) is 6.16 Å². The average Bonchev–Trinajstić information content (AvgIpc) is 2.53. The number of hydrogen-bond acceptors (Lipinski definition) is 3. The number of rotatable bonds is 5. The van der Waals surface area contributed by atoms with Gasteiger partial charge in [-0.05, 0) is 22.9 Å². The SMILES string of the molecule is O=C(O)CC(O)CP(=O)(O)C#Cc1ccccc1-c1ccccc1. The first-order valence-corrected chi connectivity index (χ1v) is 9.11. The van der Waals surface area contributed by atoms with E-state index in [0.29, 0.717) is 5.56 Å². The summed E-state index contributed by atoms with van der Waals surface area (Å²) >= 11 is 0. The lowest BCUT2D eigenvalue weighted by Gasteiger charge is -2.09. The minimum Gasteiger partial charge on any atom is -0.481 e. The van der Waals surface area contributed by atoms with Crippen LogP contribution in [0.1, 0.15) is 12.0 Å². The molecule has 2 aromatic carbocycles. The van der Waals surface area contributed by atoms with Crippen LogP contribution in [0.5, 0.6) is 0 Å². The van der Waals surface area contributed by atoms with E-state index in [1.54, 1.807) is 12.1 Å². The van der Waals surface area contributed by atoms with Gasteiger partial charge in [0.05, 0.1) is 18.7 Å². The zero-order valence-electron chi connectivity index (χ0n) is 12.8. The maximum Gasteiger partial charge on any atom is 0.305 e. The first kappa shape index (κ1) is 18.0. The summed E-state index contributed by atoms with van der Waals surface area (Å²) in [6, 6.07) is 16.7. The van der Waals surface area contributed by atoms with Crippen LogP contribution in [-0.4, -0.2) is 33.3 Å². The highest BCUT2D eigenvalue weighted by Gasteiger charge is 2.22. The van der Waals surface area contributed by atoms with E-state index in [-0.39, 0.29) is 0 Å². The number of aliphatic hydroxyl groups is 1. The highest BCUT2D eigenvalue weighted by Crippen LogP contribution is 2.40. The van der Waals surface area contributed by atoms with Gasteiger partial charge in [-0.1, -0.05) is 54.5 Å². The molecule has 2 unspecified atom stereocenters. The summed E-state index contributed by atoms with van der Waals surface area (Å²) in [5.74, 6) is 1.46. The molecule has 0 radical (unpaired) electrons. The standard InChI is InChI=1S/C18H17O5P/c19-16(12-18(20)21)13-24(22,23)11-10-15-8-4-5-9-17(15)14-6-2-1-3-7-14/h1-9,16,19H,12-13H2,(H,20,21)(H,22,23). The minimum absolute atomic E-state index is 0.570. The maximum absolute atomic E-state index is 12.1. The van der Waals surface area contributed by atoms with Crippen molar-refractivity contribution in [3.63, 3.8) is 0 Å². The Morgan fingerprint density at radius 1 is 1.08 bits per heavy atom. The smallest absolute Gasteiger partial charge is 0.305 e. The molecular formula is C18H17O5P. The van der Waals surface area contributed by atoms with Crippen molar-refractivity contribution in [1.82, 2.24) is 0 Å². The van der Waals surface area contributed by atoms with Gasteiger partial charge in [0.2, 0.25) is 0 Å². The van der Waals surface area contributed by atoms with Gasteiger partial charge in [0.25, 0.3) is 7.37 Å². The Morgan fingerprint density at radius 2 is 1.71 bits per heavy atom. The predicted octanol–water partition coefficient (Wildman–Crippen LogP) is 2.77. The van der Waals surface area contributed by atoms with E-state index in [0.717, 1.165) is 11.1 Å². The first-order chi connectivity index (χ1) is 11.4. The van der Waals surface area contributed by atoms with E-state index in [9.17, 15) is 19.4 Å². The van der Waals surface area contributed by atoms with Crippen molar-refractivity contribution in [3.8, 4) is 22.7 Å². The number of aliphatic carboxylic acids is 1. The second-order valence-electron chi connectivity index (χ2n) is 5.28. The number of carboxylic acids is 1. The zero-order valence-corrected chi connectivity index (χ0v) is 13.7. The zero-order chi connectivity index (χ0) is 17.6. The number of aliphatic hydroxyl groups excluding tert-OH is 1. The molecule has 2 atom stereocenters. The lowest BCUT2D eigenvalue weighted by atomic mass is 10.0. The molecule has 0 aromatic heterocycles. The quantitative estimate of drug-likeness (QED) is 0.573. The van der Waals surface area contributed by atoms with Gasteiger partial charge < -0.3 is 15.1 Å². The van der Waals surface area contributed by atoms with Crippen molar-refractivity contribution >= 4 is 13.3 Å². The molecule has 5 nitrogen and oxygen atoms in total. The van der Waals surface area contributed by atoms with Crippen molar-refractivity contribution in [3.05, 3.63) is 60.2 Å². The van der Waals surface area contributed by atoms with E-state index < -0.39 is 32.0 Å². The van der Waals surface area contributed by atoms with Crippen LogP contribution in [0.4, 0.5) is 0 Å². The third-order valence-electron chi connectivity index (χ3n) is 3.25. The summed E-state index contributed by atoms with van der Waals surface area (Å²) in [4.78, 5) is 20.4. The molecule has 2 aromatic rings. The van der Waals surface area contributed by atoms with E-state index >= 15 is 0 Å². The van der Waals surface area contributed by atoms with Crippen LogP contribution in [-0.2, 0) is 9.36 Å². The van der Waals surface area contributed by atoms with E-state index in [2.05, 4.69) is 11.6 Å². The Morgan fingerprint density at radius 3 is 2.38 bits per heavy atom. The van der Waals surface area contributed by atoms with Gasteiger partial charge in [0.1, 0.15) is 0 Å². The Kier molecular flexibility index (Phi) is 5.94. The second kappa shape index (κ2) is 7.94. The Bertz CT molecular complexity index is 820. The van der Waals surface area contributed by atoms with Crippen LogP contribution in [0.2, 0.25) is 0 Å². The third kappa shape index (κ3) is 5.36. The van der Waals surface area contributed by atoms with Gasteiger partial charge in [-0.3, -0.25) is 9.36 Å². The van der Waals surface area contributed by atoms with Crippen LogP contribution in [0.3, 0.4) is 0 Å². The summed E-state index contributed by atoms with van der Waals surface area (Å²) < 4.78 is 12.1. The minimum atomic E-state index is -3.96. The lowest BCUT2D eigenvalue weighted by Crippen LogP contribution is -2.17. The van der Waals surface area contributed by atoms with Gasteiger partial charge in [0, 0.05) is 5.56 Å². The van der Waals surface area contributed by atoms with E-state index in [1.807, 2.05) is 42.5 Å². The average molecular weight is 344 g/mol. The molecule has 0 fully saturated rings. The molecule has 124 valence electrons. The highest BCUT2D eigenvalue weighted by molar-refractivity contribution is 7.63. The second-order valence-corrected chi connectivity index (χ2v) is 7.28. The summed E-state index contributed by atoms with van der Waals surface area (Å²) in [7, 11) is -3.96. The summed E-state index contributed by atoms with van der Waals surface area (Å²) in [6.07, 6.45) is -2.57. The van der Waals surface area contributed by atoms with Gasteiger partial charge >= 0.3 is 5.97 Å². The molecule has 0 aliphatic heterocycles. The van der Waals surface area contributed by atoms with Crippen LogP contribution >= 0.6 is 7.37 Å². The fraction of sp³-hybridized carbons (Fsp3) is 0.167. The van der Waals surface area contributed by atoms with Crippen molar-refractivity contribution in [1.29, 1.82) is 0 Å². The number of benzene rings is 2. The summed E-state index contributed by atoms with van der Waals surface area (Å²) in [5, 5.41) is 18.1. The molecule has 6 heteroatoms. The summed E-state index contributed by atoms with van der Waals surface area (Å²) in [5.41, 5.74) is 4.65. The normalized spacial score (nSPS) is 14.1. The Hall–Kier alpha value is -2.38. The van der Waals surface area contributed by atoms with Gasteiger partial charge in [0.15, 0.2) is 0 Å². The molecule has 0 saturated heterocycles. The molecular weight excluding hydrogens is 327 g/mol. The molecule has 24 heavy (non-hydrogen) atoms. The number of carboxylic acid groups (broad SMARTS) is 1. The molecule has 0 spiro atoms. The van der Waals surface area contributed by atoms with Crippen LogP contribution in [0, 0.1) is 11.6 Å². The third-order valence-corrected chi connectivity index (χ3v) is 4.62. The number of carbonyl (C=O) groups is 1. The van der Waals surface area contributed by atoms with Gasteiger partial charge in [-0.15, -0.1) is 0 Å². The largest absolute Gasteiger partial charge is 0.481 e. The van der Waals surface area contributed by atoms with Crippen molar-refractivity contribution in [2.45, 2.75) is 12.5 Å². The molecule has 0 aliphatic rings. The Labute approximate surface area is 140 Å². The molecule has 0 amide bonds. The number of hydrogen-bond donors (Lipinski definition) is 3. The molecule has 2 rings (SSSR count). The van der Waals surface area contributed by atoms with Crippen molar-refractivity contribution < 1.29 is 24.5 Å². The van der Waals surface area contributed by atoms with Crippen LogP contribution < -0.4 is 0 Å². The molecule has 0 aliphatic carbocycles. The highest BCUT2D eigenvalue weighted by atomic mass is 31.2. The first-order valence-electron chi connectivity index (χ1n) is 7.27. The molecule has 0 bridgehead atoms. The fourth-order valence-corrected chi connectivity index (χ4v) is 3.29. The van der Waals surface area contributed by atoms with Crippen LogP contribution in [0.15, 0.2) is 54.6 Å². The van der Waals surface area contributed by atoms with Crippen LogP contribution in [0.25, 0.3) is 11.1 Å². The lowest BCUT2D eigenvalue weighted by molar-refractivity contribution is -0.138. The van der Waals surface area contributed by atoms with Crippen molar-refractivity contribution in [2.24, 2.45) is 0 Å². The monoisotopic (exact) mass is 344 g/mol. The van der Waals surface area contributed by atoms with E-state index in [4.69, 9.17) is 5.11 Å². The summed E-state index contributed by atoms with van der Waals surface area (Å²) in [6.45, 7) is 0. The van der Waals surface area contributed by atoms with E-state index in [1.165, 1.54) is 0 Å². The topological polar surface area (TPSA) is 94.8 Å². The Balaban J connectivity index is 2.25. The van der Waals surface area contributed by atoms with Gasteiger partial charge in [-0.2, -0.15) is 0 Å². The molecule has 3 N–H and O–H groups in total. The predicted molar refractivity (Wildman–Crippen MR) is 91.7 cm³/mol. The molecule has 0 saturated carbocycles. The fourth-order valence-electron chi connectivity index (χ4n) is 2.21.